The van der Waals surface area contributed by atoms with Gasteiger partial charge in [-0.25, -0.2) is 0 Å². The number of benzene rings is 2. The first-order valence-corrected chi connectivity index (χ1v) is 10.6. The second kappa shape index (κ2) is 13.5. The summed E-state index contributed by atoms with van der Waals surface area (Å²) < 4.78 is 11.2. The van der Waals surface area contributed by atoms with Crippen LogP contribution < -0.4 is 20.7 Å². The maximum atomic E-state index is 12.4. The van der Waals surface area contributed by atoms with Crippen LogP contribution in [0.4, 0.5) is 0 Å². The smallest absolute Gasteiger partial charge is 0.251 e. The van der Waals surface area contributed by atoms with Gasteiger partial charge in [0.05, 0.1) is 19.4 Å². The summed E-state index contributed by atoms with van der Waals surface area (Å²) in [5.74, 6) is 2.08. The Balaban J connectivity index is 0.00000385. The van der Waals surface area contributed by atoms with Crippen molar-refractivity contribution in [2.24, 2.45) is 4.99 Å². The lowest BCUT2D eigenvalue weighted by Gasteiger charge is -2.18. The average molecular weight is 562 g/mol. The number of amides is 1. The molecule has 3 aromatic rings. The van der Waals surface area contributed by atoms with Gasteiger partial charge < -0.3 is 25.1 Å². The predicted molar refractivity (Wildman–Crippen MR) is 141 cm³/mol. The number of ether oxygens (including phenoxy) is 1. The van der Waals surface area contributed by atoms with Gasteiger partial charge in [-0.3, -0.25) is 9.79 Å². The van der Waals surface area contributed by atoms with Gasteiger partial charge >= 0.3 is 0 Å². The lowest BCUT2D eigenvalue weighted by atomic mass is 10.1. The van der Waals surface area contributed by atoms with Crippen molar-refractivity contribution in [2.75, 3.05) is 13.6 Å². The standard InChI is InChI=1S/C25H30N4O3.HI/c1-18-7-4-10-22(13-18)32-19(2)15-28-25(26-3)29-16-20-8-5-9-21(14-20)24(30)27-17-23-11-6-12-31-23;/h4-14,19H,15-17H2,1-3H3,(H,27,30)(H2,26,28,29);1H. The van der Waals surface area contributed by atoms with E-state index in [1.165, 1.54) is 0 Å². The lowest BCUT2D eigenvalue weighted by Crippen LogP contribution is -2.41. The number of carbonyl (C=O) groups is 1. The zero-order valence-corrected chi connectivity index (χ0v) is 21.5. The van der Waals surface area contributed by atoms with Crippen molar-refractivity contribution in [3.05, 3.63) is 89.4 Å². The molecule has 2 aromatic carbocycles. The molecule has 0 aliphatic heterocycles. The number of guanidine groups is 1. The summed E-state index contributed by atoms with van der Waals surface area (Å²) in [5, 5.41) is 9.40. The van der Waals surface area contributed by atoms with Crippen molar-refractivity contribution >= 4 is 35.8 Å². The third kappa shape index (κ3) is 8.80. The van der Waals surface area contributed by atoms with Crippen LogP contribution in [0.5, 0.6) is 5.75 Å². The van der Waals surface area contributed by atoms with E-state index in [4.69, 9.17) is 9.15 Å². The van der Waals surface area contributed by atoms with Gasteiger partial charge in [0.25, 0.3) is 5.91 Å². The number of hydrogen-bond donors (Lipinski definition) is 3. The highest BCUT2D eigenvalue weighted by Gasteiger charge is 2.09. The summed E-state index contributed by atoms with van der Waals surface area (Å²) in [5.41, 5.74) is 2.73. The first kappa shape index (κ1) is 26.2. The molecule has 3 rings (SSSR count). The van der Waals surface area contributed by atoms with E-state index in [1.54, 1.807) is 25.4 Å². The topological polar surface area (TPSA) is 87.9 Å². The number of hydrogen-bond acceptors (Lipinski definition) is 4. The van der Waals surface area contributed by atoms with E-state index in [2.05, 4.69) is 20.9 Å². The van der Waals surface area contributed by atoms with Gasteiger partial charge in [-0.2, -0.15) is 0 Å². The van der Waals surface area contributed by atoms with Crippen LogP contribution in [0.25, 0.3) is 0 Å². The normalized spacial score (nSPS) is 11.8. The number of halogens is 1. The number of aliphatic imine (C=N–C) groups is 1. The van der Waals surface area contributed by atoms with Crippen LogP contribution in [0.2, 0.25) is 0 Å². The van der Waals surface area contributed by atoms with Gasteiger partial charge in [0.1, 0.15) is 17.6 Å². The molecule has 8 heteroatoms. The van der Waals surface area contributed by atoms with Crippen molar-refractivity contribution in [1.82, 2.24) is 16.0 Å². The molecule has 0 aliphatic carbocycles. The highest BCUT2D eigenvalue weighted by Crippen LogP contribution is 2.14. The number of nitrogens with one attached hydrogen (secondary N) is 3. The minimum atomic E-state index is -0.145. The summed E-state index contributed by atoms with van der Waals surface area (Å²) >= 11 is 0. The molecule has 7 nitrogen and oxygen atoms in total. The molecule has 1 unspecified atom stereocenters. The first-order chi connectivity index (χ1) is 15.5. The molecule has 0 saturated heterocycles. The summed E-state index contributed by atoms with van der Waals surface area (Å²) in [6, 6.07) is 19.1. The highest BCUT2D eigenvalue weighted by atomic mass is 127. The monoisotopic (exact) mass is 562 g/mol. The molecule has 33 heavy (non-hydrogen) atoms. The van der Waals surface area contributed by atoms with Crippen molar-refractivity contribution in [1.29, 1.82) is 0 Å². The Labute approximate surface area is 212 Å². The Kier molecular flexibility index (Phi) is 10.8. The van der Waals surface area contributed by atoms with Gasteiger partial charge in [0.15, 0.2) is 5.96 Å². The number of furan rings is 1. The van der Waals surface area contributed by atoms with E-state index in [0.717, 1.165) is 16.9 Å². The molecule has 0 saturated carbocycles. The number of carbonyl (C=O) groups excluding carboxylic acids is 1. The largest absolute Gasteiger partial charge is 0.489 e. The van der Waals surface area contributed by atoms with E-state index < -0.39 is 0 Å². The summed E-state index contributed by atoms with van der Waals surface area (Å²) in [6.45, 7) is 5.54. The Hall–Kier alpha value is -3.01. The van der Waals surface area contributed by atoms with Crippen LogP contribution in [0.15, 0.2) is 76.3 Å². The fourth-order valence-corrected chi connectivity index (χ4v) is 3.11. The molecule has 176 valence electrons. The number of rotatable bonds is 9. The minimum Gasteiger partial charge on any atom is -0.489 e. The van der Waals surface area contributed by atoms with Gasteiger partial charge in [0, 0.05) is 19.2 Å². The summed E-state index contributed by atoms with van der Waals surface area (Å²) in [7, 11) is 1.72. The molecule has 0 spiro atoms. The molecule has 0 aliphatic rings. The molecule has 1 heterocycles. The minimum absolute atomic E-state index is 0. The molecule has 0 bridgehead atoms. The molecule has 1 amide bonds. The zero-order chi connectivity index (χ0) is 22.8. The van der Waals surface area contributed by atoms with Crippen LogP contribution in [0, 0.1) is 6.92 Å². The van der Waals surface area contributed by atoms with Crippen LogP contribution in [0.3, 0.4) is 0 Å². The summed E-state index contributed by atoms with van der Waals surface area (Å²) in [6.07, 6.45) is 1.56. The second-order valence-corrected chi connectivity index (χ2v) is 7.51. The van der Waals surface area contributed by atoms with Gasteiger partial charge in [0.2, 0.25) is 0 Å². The van der Waals surface area contributed by atoms with Crippen LogP contribution in [-0.2, 0) is 13.1 Å². The third-order valence-corrected chi connectivity index (χ3v) is 4.76. The molecule has 1 aromatic heterocycles. The van der Waals surface area contributed by atoms with E-state index in [-0.39, 0.29) is 36.0 Å². The van der Waals surface area contributed by atoms with E-state index in [1.807, 2.05) is 62.4 Å². The molecule has 3 N–H and O–H groups in total. The maximum absolute atomic E-state index is 12.4. The Morgan fingerprint density at radius 1 is 1.03 bits per heavy atom. The SMILES string of the molecule is CN=C(NCc1cccc(C(=O)NCc2ccco2)c1)NCC(C)Oc1cccc(C)c1.I. The van der Waals surface area contributed by atoms with Crippen molar-refractivity contribution in [3.63, 3.8) is 0 Å². The highest BCUT2D eigenvalue weighted by molar-refractivity contribution is 14.0. The van der Waals surface area contributed by atoms with Crippen molar-refractivity contribution < 1.29 is 13.9 Å². The van der Waals surface area contributed by atoms with Crippen LogP contribution in [-0.4, -0.2) is 31.6 Å². The predicted octanol–water partition coefficient (Wildman–Crippen LogP) is 4.27. The van der Waals surface area contributed by atoms with E-state index in [0.29, 0.717) is 36.9 Å². The first-order valence-electron chi connectivity index (χ1n) is 10.6. The second-order valence-electron chi connectivity index (χ2n) is 7.51. The molecular formula is C25H31IN4O3. The Bertz CT molecular complexity index is 1040. The molecule has 0 fully saturated rings. The quantitative estimate of drug-likeness (QED) is 0.206. The lowest BCUT2D eigenvalue weighted by molar-refractivity contribution is 0.0948. The summed E-state index contributed by atoms with van der Waals surface area (Å²) in [4.78, 5) is 16.7. The number of nitrogens with zero attached hydrogens (tertiary/aromatic N) is 1. The molecule has 1 atom stereocenters. The number of aryl methyl sites for hydroxylation is 1. The Morgan fingerprint density at radius 2 is 1.85 bits per heavy atom. The zero-order valence-electron chi connectivity index (χ0n) is 19.1. The van der Waals surface area contributed by atoms with Crippen LogP contribution >= 0.6 is 24.0 Å². The molecule has 0 radical (unpaired) electrons. The third-order valence-electron chi connectivity index (χ3n) is 4.76. The van der Waals surface area contributed by atoms with Gasteiger partial charge in [-0.05, 0) is 61.4 Å². The fraction of sp³-hybridized carbons (Fsp3) is 0.280. The maximum Gasteiger partial charge on any atom is 0.251 e. The van der Waals surface area contributed by atoms with Gasteiger partial charge in [-0.1, -0.05) is 24.3 Å². The average Bonchev–Trinajstić information content (AvgIpc) is 3.31. The van der Waals surface area contributed by atoms with Crippen molar-refractivity contribution in [2.45, 2.75) is 33.0 Å². The van der Waals surface area contributed by atoms with E-state index >= 15 is 0 Å². The fourth-order valence-electron chi connectivity index (χ4n) is 3.11. The Morgan fingerprint density at radius 3 is 2.58 bits per heavy atom. The van der Waals surface area contributed by atoms with Gasteiger partial charge in [-0.15, -0.1) is 24.0 Å². The van der Waals surface area contributed by atoms with E-state index in [9.17, 15) is 4.79 Å². The molecular weight excluding hydrogens is 531 g/mol. The van der Waals surface area contributed by atoms with Crippen LogP contribution in [0.1, 0.15) is 34.2 Å². The van der Waals surface area contributed by atoms with Crippen molar-refractivity contribution in [3.8, 4) is 5.75 Å².